The lowest BCUT2D eigenvalue weighted by Gasteiger charge is -2.06. The first-order valence-corrected chi connectivity index (χ1v) is 6.51. The second kappa shape index (κ2) is 4.94. The molecule has 0 aliphatic rings. The molecule has 0 spiro atoms. The number of benzene rings is 1. The van der Waals surface area contributed by atoms with Crippen molar-refractivity contribution < 1.29 is 14.3 Å². The van der Waals surface area contributed by atoms with Gasteiger partial charge in [-0.1, -0.05) is 12.1 Å². The predicted molar refractivity (Wildman–Crippen MR) is 77.7 cm³/mol. The van der Waals surface area contributed by atoms with Crippen LogP contribution in [0.15, 0.2) is 47.2 Å². The van der Waals surface area contributed by atoms with E-state index >= 15 is 0 Å². The monoisotopic (exact) mass is 282 g/mol. The van der Waals surface area contributed by atoms with Crippen LogP contribution in [0, 0.1) is 13.8 Å². The number of nitrogens with zero attached hydrogens (tertiary/aromatic N) is 2. The predicted octanol–water partition coefficient (Wildman–Crippen LogP) is 3.45. The van der Waals surface area contributed by atoms with Crippen molar-refractivity contribution in [2.75, 3.05) is 0 Å². The van der Waals surface area contributed by atoms with E-state index in [2.05, 4.69) is 5.10 Å². The van der Waals surface area contributed by atoms with E-state index in [0.717, 1.165) is 16.8 Å². The average Bonchev–Trinajstić information content (AvgIpc) is 3.09. The van der Waals surface area contributed by atoms with Crippen molar-refractivity contribution in [3.63, 3.8) is 0 Å². The van der Waals surface area contributed by atoms with Crippen molar-refractivity contribution in [2.24, 2.45) is 0 Å². The second-order valence-electron chi connectivity index (χ2n) is 4.91. The molecule has 0 unspecified atom stereocenters. The molecule has 5 heteroatoms. The zero-order valence-electron chi connectivity index (χ0n) is 11.7. The molecule has 3 rings (SSSR count). The summed E-state index contributed by atoms with van der Waals surface area (Å²) in [6.07, 6.45) is 3.01. The number of hydrogen-bond donors (Lipinski definition) is 1. The molecule has 21 heavy (non-hydrogen) atoms. The van der Waals surface area contributed by atoms with E-state index in [1.54, 1.807) is 16.8 Å². The van der Waals surface area contributed by atoms with Gasteiger partial charge in [0, 0.05) is 6.20 Å². The van der Waals surface area contributed by atoms with Crippen LogP contribution in [0.5, 0.6) is 0 Å². The van der Waals surface area contributed by atoms with Crippen molar-refractivity contribution in [2.45, 2.75) is 13.8 Å². The number of aromatic carboxylic acids is 1. The van der Waals surface area contributed by atoms with Crippen LogP contribution >= 0.6 is 0 Å². The molecule has 106 valence electrons. The molecule has 0 aliphatic carbocycles. The Morgan fingerprint density at radius 2 is 2.10 bits per heavy atom. The molecule has 2 heterocycles. The fraction of sp³-hybridized carbons (Fsp3) is 0.125. The number of aromatic nitrogens is 2. The highest BCUT2D eigenvalue weighted by Gasteiger charge is 2.20. The molecule has 5 nitrogen and oxygen atoms in total. The third-order valence-corrected chi connectivity index (χ3v) is 3.31. The van der Waals surface area contributed by atoms with Crippen molar-refractivity contribution in [3.05, 3.63) is 59.5 Å². The van der Waals surface area contributed by atoms with Gasteiger partial charge in [0.1, 0.15) is 11.3 Å². The fourth-order valence-electron chi connectivity index (χ4n) is 2.22. The Morgan fingerprint density at radius 3 is 2.76 bits per heavy atom. The van der Waals surface area contributed by atoms with Crippen molar-refractivity contribution in [1.82, 2.24) is 9.78 Å². The number of carboxylic acid groups (broad SMARTS) is 1. The van der Waals surface area contributed by atoms with Crippen LogP contribution in [0.2, 0.25) is 0 Å². The van der Waals surface area contributed by atoms with Gasteiger partial charge in [0.25, 0.3) is 0 Å². The van der Waals surface area contributed by atoms with Crippen LogP contribution in [-0.4, -0.2) is 20.9 Å². The Kier molecular flexibility index (Phi) is 3.10. The Labute approximate surface area is 121 Å². The largest absolute Gasteiger partial charge is 0.478 e. The maximum absolute atomic E-state index is 11.4. The summed E-state index contributed by atoms with van der Waals surface area (Å²) in [6.45, 7) is 3.95. The molecule has 0 saturated heterocycles. The van der Waals surface area contributed by atoms with Gasteiger partial charge in [-0.25, -0.2) is 9.48 Å². The van der Waals surface area contributed by atoms with Crippen LogP contribution in [-0.2, 0) is 0 Å². The van der Waals surface area contributed by atoms with Gasteiger partial charge in [0.15, 0.2) is 5.76 Å². The van der Waals surface area contributed by atoms with Gasteiger partial charge in [0.05, 0.1) is 12.0 Å². The Balaban J connectivity index is 2.19. The van der Waals surface area contributed by atoms with E-state index in [-0.39, 0.29) is 5.56 Å². The van der Waals surface area contributed by atoms with E-state index < -0.39 is 5.97 Å². The second-order valence-corrected chi connectivity index (χ2v) is 4.91. The molecule has 0 radical (unpaired) electrons. The molecule has 2 aromatic heterocycles. The van der Waals surface area contributed by atoms with Crippen molar-refractivity contribution in [3.8, 4) is 17.1 Å². The summed E-state index contributed by atoms with van der Waals surface area (Å²) < 4.78 is 6.86. The lowest BCUT2D eigenvalue weighted by molar-refractivity contribution is 0.0697. The molecular formula is C16H14N2O3. The zero-order valence-corrected chi connectivity index (χ0v) is 11.7. The fourth-order valence-corrected chi connectivity index (χ4v) is 2.22. The highest BCUT2D eigenvalue weighted by Crippen LogP contribution is 2.25. The molecule has 0 atom stereocenters. The highest BCUT2D eigenvalue weighted by atomic mass is 16.4. The van der Waals surface area contributed by atoms with E-state index in [1.165, 1.54) is 12.5 Å². The van der Waals surface area contributed by atoms with Crippen LogP contribution in [0.25, 0.3) is 17.1 Å². The van der Waals surface area contributed by atoms with E-state index in [4.69, 9.17) is 4.42 Å². The number of aryl methyl sites for hydroxylation is 2. The molecule has 0 saturated carbocycles. The van der Waals surface area contributed by atoms with Crippen LogP contribution < -0.4 is 0 Å². The number of carbonyl (C=O) groups is 1. The minimum absolute atomic E-state index is 0.117. The Hall–Kier alpha value is -2.82. The Morgan fingerprint density at radius 1 is 1.29 bits per heavy atom. The topological polar surface area (TPSA) is 68.3 Å². The van der Waals surface area contributed by atoms with Crippen LogP contribution in [0.1, 0.15) is 21.5 Å². The first kappa shape index (κ1) is 13.2. The zero-order chi connectivity index (χ0) is 15.0. The number of rotatable bonds is 3. The van der Waals surface area contributed by atoms with E-state index in [1.807, 2.05) is 32.0 Å². The lowest BCUT2D eigenvalue weighted by atomic mass is 10.1. The maximum Gasteiger partial charge on any atom is 0.339 e. The van der Waals surface area contributed by atoms with Gasteiger partial charge < -0.3 is 9.52 Å². The summed E-state index contributed by atoms with van der Waals surface area (Å²) in [5, 5.41) is 13.7. The smallest absolute Gasteiger partial charge is 0.339 e. The molecular weight excluding hydrogens is 268 g/mol. The first-order valence-electron chi connectivity index (χ1n) is 6.51. The van der Waals surface area contributed by atoms with Crippen molar-refractivity contribution in [1.29, 1.82) is 0 Å². The minimum Gasteiger partial charge on any atom is -0.478 e. The van der Waals surface area contributed by atoms with E-state index in [9.17, 15) is 9.90 Å². The summed E-state index contributed by atoms with van der Waals surface area (Å²) in [7, 11) is 0. The molecule has 0 aliphatic heterocycles. The molecule has 1 N–H and O–H groups in total. The third-order valence-electron chi connectivity index (χ3n) is 3.31. The third kappa shape index (κ3) is 2.33. The SMILES string of the molecule is Cc1ccc(C)c(-n2cc(C(=O)O)c(-c3ccco3)n2)c1. The van der Waals surface area contributed by atoms with Gasteiger partial charge in [-0.05, 0) is 43.2 Å². The number of carboxylic acids is 1. The van der Waals surface area contributed by atoms with Crippen LogP contribution in [0.3, 0.4) is 0 Å². The first-order chi connectivity index (χ1) is 10.1. The van der Waals surface area contributed by atoms with Crippen LogP contribution in [0.4, 0.5) is 0 Å². The summed E-state index contributed by atoms with van der Waals surface area (Å²) >= 11 is 0. The van der Waals surface area contributed by atoms with Gasteiger partial charge in [-0.3, -0.25) is 0 Å². The average molecular weight is 282 g/mol. The quantitative estimate of drug-likeness (QED) is 0.799. The summed E-state index contributed by atoms with van der Waals surface area (Å²) in [6, 6.07) is 9.37. The van der Waals surface area contributed by atoms with E-state index in [0.29, 0.717) is 11.5 Å². The molecule has 3 aromatic rings. The minimum atomic E-state index is -1.03. The van der Waals surface area contributed by atoms with Crippen molar-refractivity contribution >= 4 is 5.97 Å². The molecule has 0 bridgehead atoms. The molecule has 0 fully saturated rings. The molecule has 1 aromatic carbocycles. The number of furan rings is 1. The molecule has 0 amide bonds. The summed E-state index contributed by atoms with van der Waals surface area (Å²) in [5.74, 6) is -0.589. The van der Waals surface area contributed by atoms with Gasteiger partial charge in [-0.15, -0.1) is 0 Å². The standard InChI is InChI=1S/C16H14N2O3/c1-10-5-6-11(2)13(8-10)18-9-12(16(19)20)15(17-18)14-4-3-7-21-14/h3-9H,1-2H3,(H,19,20). The maximum atomic E-state index is 11.4. The normalized spacial score (nSPS) is 10.8. The summed E-state index contributed by atoms with van der Waals surface area (Å²) in [5.41, 5.74) is 3.41. The van der Waals surface area contributed by atoms with Gasteiger partial charge >= 0.3 is 5.97 Å². The lowest BCUT2D eigenvalue weighted by Crippen LogP contribution is -1.98. The highest BCUT2D eigenvalue weighted by molar-refractivity contribution is 5.94. The number of hydrogen-bond acceptors (Lipinski definition) is 3. The summed E-state index contributed by atoms with van der Waals surface area (Å²) in [4.78, 5) is 11.4. The Bertz CT molecular complexity index is 801. The van der Waals surface area contributed by atoms with Gasteiger partial charge in [0.2, 0.25) is 0 Å². The van der Waals surface area contributed by atoms with Gasteiger partial charge in [-0.2, -0.15) is 5.10 Å².